The van der Waals surface area contributed by atoms with Crippen LogP contribution in [-0.4, -0.2) is 34.9 Å². The van der Waals surface area contributed by atoms with Crippen LogP contribution in [0.4, 0.5) is 4.79 Å². The smallest absolute Gasteiger partial charge is 0.410 e. The third-order valence-electron chi connectivity index (χ3n) is 2.37. The van der Waals surface area contributed by atoms with Crippen LogP contribution in [0, 0.1) is 0 Å². The molecule has 17 heavy (non-hydrogen) atoms. The molecular formula is C12H18ClNO3. The second kappa shape index (κ2) is 5.54. The van der Waals surface area contributed by atoms with Crippen molar-refractivity contribution < 1.29 is 14.3 Å². The second-order valence-electron chi connectivity index (χ2n) is 5.07. The Morgan fingerprint density at radius 1 is 1.29 bits per heavy atom. The fourth-order valence-corrected chi connectivity index (χ4v) is 1.76. The largest absolute Gasteiger partial charge is 0.444 e. The molecule has 0 unspecified atom stereocenters. The number of likely N-dealkylation sites (tertiary alicyclic amines) is 1. The molecule has 0 radical (unpaired) electrons. The third-order valence-corrected chi connectivity index (χ3v) is 2.48. The fraction of sp³-hybridized carbons (Fsp3) is 0.667. The van der Waals surface area contributed by atoms with Gasteiger partial charge in [0, 0.05) is 13.1 Å². The molecule has 0 aromatic rings. The lowest BCUT2D eigenvalue weighted by atomic mass is 10.0. The summed E-state index contributed by atoms with van der Waals surface area (Å²) in [6.45, 7) is 6.67. The summed E-state index contributed by atoms with van der Waals surface area (Å²) < 4.78 is 5.27. The number of halogens is 1. The molecule has 5 heteroatoms. The topological polar surface area (TPSA) is 46.6 Å². The van der Waals surface area contributed by atoms with E-state index in [0.717, 1.165) is 5.57 Å². The number of amides is 1. The highest BCUT2D eigenvalue weighted by molar-refractivity contribution is 6.66. The van der Waals surface area contributed by atoms with Gasteiger partial charge in [0.05, 0.1) is 0 Å². The molecule has 1 saturated heterocycles. The minimum absolute atomic E-state index is 0.297. The van der Waals surface area contributed by atoms with Gasteiger partial charge >= 0.3 is 6.09 Å². The Labute approximate surface area is 107 Å². The molecule has 1 aliphatic rings. The first-order valence-electron chi connectivity index (χ1n) is 5.65. The number of hydrogen-bond donors (Lipinski definition) is 0. The highest BCUT2D eigenvalue weighted by Crippen LogP contribution is 2.19. The third kappa shape index (κ3) is 5.22. The molecule has 1 amide bonds. The van der Waals surface area contributed by atoms with Crippen LogP contribution in [0.2, 0.25) is 0 Å². The molecule has 1 aliphatic heterocycles. The molecule has 0 bridgehead atoms. The Morgan fingerprint density at radius 2 is 1.82 bits per heavy atom. The highest BCUT2D eigenvalue weighted by Gasteiger charge is 2.24. The average Bonchev–Trinajstić information content (AvgIpc) is 2.15. The van der Waals surface area contributed by atoms with Gasteiger partial charge in [-0.2, -0.15) is 0 Å². The first-order valence-corrected chi connectivity index (χ1v) is 6.02. The molecule has 0 atom stereocenters. The number of carbonyl (C=O) groups is 2. The molecule has 1 heterocycles. The summed E-state index contributed by atoms with van der Waals surface area (Å²) in [6, 6.07) is 0. The Kier molecular flexibility index (Phi) is 4.57. The second-order valence-corrected chi connectivity index (χ2v) is 5.45. The van der Waals surface area contributed by atoms with E-state index in [4.69, 9.17) is 16.3 Å². The Balaban J connectivity index is 2.47. The number of piperidine rings is 1. The molecule has 0 aliphatic carbocycles. The van der Waals surface area contributed by atoms with Crippen LogP contribution < -0.4 is 0 Å². The van der Waals surface area contributed by atoms with E-state index in [1.807, 2.05) is 20.8 Å². The summed E-state index contributed by atoms with van der Waals surface area (Å²) >= 11 is 5.28. The monoisotopic (exact) mass is 259 g/mol. The number of hydrogen-bond acceptors (Lipinski definition) is 3. The predicted molar refractivity (Wildman–Crippen MR) is 66.0 cm³/mol. The maximum absolute atomic E-state index is 11.7. The summed E-state index contributed by atoms with van der Waals surface area (Å²) in [5, 5.41) is -0.453. The van der Waals surface area contributed by atoms with E-state index >= 15 is 0 Å². The first-order chi connectivity index (χ1) is 7.78. The zero-order valence-corrected chi connectivity index (χ0v) is 11.2. The number of allylic oxidation sites excluding steroid dienone is 1. The molecule has 1 rings (SSSR count). The standard InChI is InChI=1S/C12H18ClNO3/c1-12(2,3)17-11(16)14-6-4-9(5-7-14)8-10(13)15/h8H,4-7H2,1-3H3. The van der Waals surface area contributed by atoms with Crippen LogP contribution in [0.15, 0.2) is 11.6 Å². The lowest BCUT2D eigenvalue weighted by molar-refractivity contribution is -0.107. The zero-order valence-electron chi connectivity index (χ0n) is 10.5. The van der Waals surface area contributed by atoms with Crippen molar-refractivity contribution in [2.75, 3.05) is 13.1 Å². The van der Waals surface area contributed by atoms with E-state index in [0.29, 0.717) is 25.9 Å². The highest BCUT2D eigenvalue weighted by atomic mass is 35.5. The van der Waals surface area contributed by atoms with Gasteiger partial charge in [-0.1, -0.05) is 5.57 Å². The number of rotatable bonds is 1. The van der Waals surface area contributed by atoms with Crippen LogP contribution in [0.3, 0.4) is 0 Å². The van der Waals surface area contributed by atoms with Gasteiger partial charge < -0.3 is 9.64 Å². The summed E-state index contributed by atoms with van der Waals surface area (Å²) in [4.78, 5) is 24.1. The summed E-state index contributed by atoms with van der Waals surface area (Å²) in [6.07, 6.45) is 2.50. The number of ether oxygens (including phenoxy) is 1. The molecule has 96 valence electrons. The van der Waals surface area contributed by atoms with Crippen molar-refractivity contribution in [2.24, 2.45) is 0 Å². The number of carbonyl (C=O) groups excluding carboxylic acids is 2. The average molecular weight is 260 g/mol. The van der Waals surface area contributed by atoms with Gasteiger partial charge in [-0.25, -0.2) is 4.79 Å². The van der Waals surface area contributed by atoms with Crippen molar-refractivity contribution in [3.63, 3.8) is 0 Å². The predicted octanol–water partition coefficient (Wildman–Crippen LogP) is 2.71. The van der Waals surface area contributed by atoms with Crippen LogP contribution in [0.25, 0.3) is 0 Å². The van der Waals surface area contributed by atoms with Crippen molar-refractivity contribution in [1.82, 2.24) is 4.90 Å². The van der Waals surface area contributed by atoms with E-state index in [1.54, 1.807) is 4.90 Å². The normalized spacial score (nSPS) is 16.7. The van der Waals surface area contributed by atoms with E-state index in [-0.39, 0.29) is 6.09 Å². The first kappa shape index (κ1) is 14.0. The lowest BCUT2D eigenvalue weighted by Gasteiger charge is -2.30. The molecule has 0 aromatic carbocycles. The molecule has 1 fully saturated rings. The molecule has 0 N–H and O–H groups in total. The van der Waals surface area contributed by atoms with Crippen LogP contribution in [0.1, 0.15) is 33.6 Å². The summed E-state index contributed by atoms with van der Waals surface area (Å²) in [7, 11) is 0. The van der Waals surface area contributed by atoms with E-state index in [1.165, 1.54) is 6.08 Å². The van der Waals surface area contributed by atoms with Crippen molar-refractivity contribution in [3.05, 3.63) is 11.6 Å². The van der Waals surface area contributed by atoms with Crippen LogP contribution in [-0.2, 0) is 9.53 Å². The molecule has 0 saturated carbocycles. The Bertz CT molecular complexity index is 334. The summed E-state index contributed by atoms with van der Waals surface area (Å²) in [5.41, 5.74) is 0.518. The van der Waals surface area contributed by atoms with E-state index in [2.05, 4.69) is 0 Å². The van der Waals surface area contributed by atoms with Crippen molar-refractivity contribution in [3.8, 4) is 0 Å². The molecule has 0 spiro atoms. The van der Waals surface area contributed by atoms with Gasteiger partial charge in [0.25, 0.3) is 0 Å². The van der Waals surface area contributed by atoms with E-state index < -0.39 is 10.8 Å². The van der Waals surface area contributed by atoms with E-state index in [9.17, 15) is 9.59 Å². The minimum atomic E-state index is -0.473. The van der Waals surface area contributed by atoms with Crippen LogP contribution in [0.5, 0.6) is 0 Å². The van der Waals surface area contributed by atoms with Crippen LogP contribution >= 0.6 is 11.6 Å². The molecule has 4 nitrogen and oxygen atoms in total. The van der Waals surface area contributed by atoms with Crippen molar-refractivity contribution >= 4 is 22.9 Å². The fourth-order valence-electron chi connectivity index (χ4n) is 1.61. The van der Waals surface area contributed by atoms with Crippen molar-refractivity contribution in [1.29, 1.82) is 0 Å². The van der Waals surface area contributed by atoms with Gasteiger partial charge in [-0.15, -0.1) is 0 Å². The summed E-state index contributed by atoms with van der Waals surface area (Å²) in [5.74, 6) is 0. The van der Waals surface area contributed by atoms with Gasteiger partial charge in [0.1, 0.15) is 5.60 Å². The maximum Gasteiger partial charge on any atom is 0.410 e. The SMILES string of the molecule is CC(C)(C)OC(=O)N1CCC(=CC(=O)Cl)CC1. The van der Waals surface area contributed by atoms with Gasteiger partial charge in [0.15, 0.2) is 0 Å². The number of nitrogens with zero attached hydrogens (tertiary/aromatic N) is 1. The minimum Gasteiger partial charge on any atom is -0.444 e. The van der Waals surface area contributed by atoms with Gasteiger partial charge in [-0.3, -0.25) is 4.79 Å². The zero-order chi connectivity index (χ0) is 13.1. The Morgan fingerprint density at radius 3 is 2.24 bits per heavy atom. The molecule has 0 aromatic heterocycles. The maximum atomic E-state index is 11.7. The Hall–Kier alpha value is -1.03. The van der Waals surface area contributed by atoms with Gasteiger partial charge in [-0.05, 0) is 51.3 Å². The molecular weight excluding hydrogens is 242 g/mol. The van der Waals surface area contributed by atoms with Crippen molar-refractivity contribution in [2.45, 2.75) is 39.2 Å². The van der Waals surface area contributed by atoms with Gasteiger partial charge in [0.2, 0.25) is 5.24 Å². The lowest BCUT2D eigenvalue weighted by Crippen LogP contribution is -2.40. The quantitative estimate of drug-likeness (QED) is 0.537.